The standard InChI is InChI=1S/C18H17FN2OS/c1-21(11-15-5-3-7-17(19)9-15)18(22)13-23-12-16-6-2-4-14(8-16)10-20/h2-9H,11-13H2,1H3. The van der Waals surface area contributed by atoms with Crippen molar-refractivity contribution in [3.8, 4) is 6.07 Å². The lowest BCUT2D eigenvalue weighted by Crippen LogP contribution is -2.27. The van der Waals surface area contributed by atoms with Gasteiger partial charge in [-0.25, -0.2) is 4.39 Å². The summed E-state index contributed by atoms with van der Waals surface area (Å²) in [5, 5.41) is 8.86. The minimum atomic E-state index is -0.296. The first kappa shape index (κ1) is 17.0. The molecule has 118 valence electrons. The van der Waals surface area contributed by atoms with E-state index in [-0.39, 0.29) is 11.7 Å². The number of nitriles is 1. The van der Waals surface area contributed by atoms with Crippen molar-refractivity contribution >= 4 is 17.7 Å². The summed E-state index contributed by atoms with van der Waals surface area (Å²) in [6.07, 6.45) is 0. The van der Waals surface area contributed by atoms with Gasteiger partial charge >= 0.3 is 0 Å². The lowest BCUT2D eigenvalue weighted by atomic mass is 10.2. The second-order valence-corrected chi connectivity index (χ2v) is 6.17. The highest BCUT2D eigenvalue weighted by Gasteiger charge is 2.10. The van der Waals surface area contributed by atoms with Crippen LogP contribution >= 0.6 is 11.8 Å². The van der Waals surface area contributed by atoms with Crippen molar-refractivity contribution in [3.05, 3.63) is 71.0 Å². The molecule has 0 saturated heterocycles. The molecule has 0 bridgehead atoms. The Bertz CT molecular complexity index is 727. The molecule has 3 nitrogen and oxygen atoms in total. The van der Waals surface area contributed by atoms with E-state index in [0.29, 0.717) is 23.6 Å². The maximum atomic E-state index is 13.1. The molecule has 0 N–H and O–H groups in total. The lowest BCUT2D eigenvalue weighted by Gasteiger charge is -2.17. The van der Waals surface area contributed by atoms with Gasteiger partial charge in [0.25, 0.3) is 0 Å². The van der Waals surface area contributed by atoms with Crippen LogP contribution in [0.2, 0.25) is 0 Å². The molecule has 0 aromatic heterocycles. The molecule has 0 radical (unpaired) electrons. The third kappa shape index (κ3) is 5.42. The SMILES string of the molecule is CN(Cc1cccc(F)c1)C(=O)CSCc1cccc(C#N)c1. The van der Waals surface area contributed by atoms with E-state index in [2.05, 4.69) is 6.07 Å². The zero-order valence-corrected chi connectivity index (χ0v) is 13.6. The van der Waals surface area contributed by atoms with Crippen molar-refractivity contribution in [2.24, 2.45) is 0 Å². The van der Waals surface area contributed by atoms with Crippen LogP contribution in [0.25, 0.3) is 0 Å². The average Bonchev–Trinajstić information content (AvgIpc) is 2.55. The third-order valence-electron chi connectivity index (χ3n) is 3.28. The molecule has 0 atom stereocenters. The summed E-state index contributed by atoms with van der Waals surface area (Å²) >= 11 is 1.50. The van der Waals surface area contributed by atoms with Gasteiger partial charge in [0.2, 0.25) is 5.91 Å². The molecular formula is C18H17FN2OS. The van der Waals surface area contributed by atoms with Gasteiger partial charge in [-0.1, -0.05) is 24.3 Å². The Morgan fingerprint density at radius 1 is 1.22 bits per heavy atom. The van der Waals surface area contributed by atoms with Crippen LogP contribution in [-0.2, 0) is 17.1 Å². The van der Waals surface area contributed by atoms with Gasteiger partial charge in [-0.2, -0.15) is 5.26 Å². The first-order valence-corrected chi connectivity index (χ1v) is 8.29. The number of hydrogen-bond donors (Lipinski definition) is 0. The number of halogens is 1. The fourth-order valence-corrected chi connectivity index (χ4v) is 3.01. The molecule has 0 aliphatic carbocycles. The van der Waals surface area contributed by atoms with E-state index in [1.54, 1.807) is 30.1 Å². The van der Waals surface area contributed by atoms with Gasteiger partial charge in [-0.05, 0) is 35.4 Å². The third-order valence-corrected chi connectivity index (χ3v) is 4.27. The minimum absolute atomic E-state index is 0.00398. The number of carbonyl (C=O) groups is 1. The number of carbonyl (C=O) groups excluding carboxylic acids is 1. The van der Waals surface area contributed by atoms with E-state index in [4.69, 9.17) is 5.26 Å². The molecule has 0 saturated carbocycles. The Hall–Kier alpha value is -2.32. The van der Waals surface area contributed by atoms with Crippen LogP contribution in [0.3, 0.4) is 0 Å². The second kappa shape index (κ2) is 8.35. The van der Waals surface area contributed by atoms with Gasteiger partial charge in [0, 0.05) is 19.3 Å². The highest BCUT2D eigenvalue weighted by Crippen LogP contribution is 2.15. The van der Waals surface area contributed by atoms with Crippen LogP contribution in [0.5, 0.6) is 0 Å². The van der Waals surface area contributed by atoms with Crippen molar-refractivity contribution < 1.29 is 9.18 Å². The minimum Gasteiger partial charge on any atom is -0.341 e. The number of amides is 1. The summed E-state index contributed by atoms with van der Waals surface area (Å²) in [5.74, 6) is 0.725. The van der Waals surface area contributed by atoms with Gasteiger partial charge in [-0.3, -0.25) is 4.79 Å². The molecule has 5 heteroatoms. The van der Waals surface area contributed by atoms with E-state index in [1.807, 2.05) is 18.2 Å². The Morgan fingerprint density at radius 3 is 2.70 bits per heavy atom. The van der Waals surface area contributed by atoms with E-state index in [1.165, 1.54) is 23.9 Å². The number of nitrogens with zero attached hydrogens (tertiary/aromatic N) is 2. The van der Waals surface area contributed by atoms with Gasteiger partial charge < -0.3 is 4.90 Å². The number of benzene rings is 2. The van der Waals surface area contributed by atoms with Crippen LogP contribution in [0.4, 0.5) is 4.39 Å². The Labute approximate surface area is 139 Å². The van der Waals surface area contributed by atoms with Crippen LogP contribution in [0, 0.1) is 17.1 Å². The molecular weight excluding hydrogens is 311 g/mol. The van der Waals surface area contributed by atoms with Crippen LogP contribution < -0.4 is 0 Å². The summed E-state index contributed by atoms with van der Waals surface area (Å²) < 4.78 is 13.1. The number of rotatable bonds is 6. The highest BCUT2D eigenvalue weighted by atomic mass is 32.2. The second-order valence-electron chi connectivity index (χ2n) is 5.18. The maximum Gasteiger partial charge on any atom is 0.232 e. The number of hydrogen-bond acceptors (Lipinski definition) is 3. The summed E-state index contributed by atoms with van der Waals surface area (Å²) in [6, 6.07) is 15.7. The first-order valence-electron chi connectivity index (χ1n) is 7.13. The Balaban J connectivity index is 1.81. The normalized spacial score (nSPS) is 10.1. The largest absolute Gasteiger partial charge is 0.341 e. The topological polar surface area (TPSA) is 44.1 Å². The van der Waals surface area contributed by atoms with E-state index >= 15 is 0 Å². The number of thioether (sulfide) groups is 1. The molecule has 0 spiro atoms. The molecule has 2 aromatic rings. The van der Waals surface area contributed by atoms with E-state index in [9.17, 15) is 9.18 Å². The van der Waals surface area contributed by atoms with Gasteiger partial charge in [0.05, 0.1) is 17.4 Å². The molecule has 23 heavy (non-hydrogen) atoms. The van der Waals surface area contributed by atoms with Gasteiger partial charge in [0.1, 0.15) is 5.82 Å². The van der Waals surface area contributed by atoms with Crippen LogP contribution in [0.1, 0.15) is 16.7 Å². The monoisotopic (exact) mass is 328 g/mol. The van der Waals surface area contributed by atoms with Crippen molar-refractivity contribution in [2.45, 2.75) is 12.3 Å². The maximum absolute atomic E-state index is 13.1. The molecule has 2 aromatic carbocycles. The zero-order chi connectivity index (χ0) is 16.7. The smallest absolute Gasteiger partial charge is 0.232 e. The van der Waals surface area contributed by atoms with Crippen LogP contribution in [0.15, 0.2) is 48.5 Å². The predicted octanol–water partition coefficient (Wildman–Crippen LogP) is 3.59. The quantitative estimate of drug-likeness (QED) is 0.814. The summed E-state index contributed by atoms with van der Waals surface area (Å²) in [6.45, 7) is 0.390. The van der Waals surface area contributed by atoms with Crippen molar-refractivity contribution in [1.29, 1.82) is 5.26 Å². The summed E-state index contributed by atoms with van der Waals surface area (Å²) in [5.41, 5.74) is 2.42. The first-order chi connectivity index (χ1) is 11.1. The van der Waals surface area contributed by atoms with Gasteiger partial charge in [-0.15, -0.1) is 11.8 Å². The van der Waals surface area contributed by atoms with Gasteiger partial charge in [0.15, 0.2) is 0 Å². The molecule has 0 heterocycles. The Morgan fingerprint density at radius 2 is 1.96 bits per heavy atom. The fraction of sp³-hybridized carbons (Fsp3) is 0.222. The fourth-order valence-electron chi connectivity index (χ4n) is 2.09. The van der Waals surface area contributed by atoms with Crippen LogP contribution in [-0.4, -0.2) is 23.6 Å². The van der Waals surface area contributed by atoms with E-state index < -0.39 is 0 Å². The molecule has 0 aliphatic heterocycles. The molecule has 0 unspecified atom stereocenters. The summed E-state index contributed by atoms with van der Waals surface area (Å²) in [4.78, 5) is 13.7. The molecule has 0 fully saturated rings. The predicted molar refractivity (Wildman–Crippen MR) is 90.2 cm³/mol. The summed E-state index contributed by atoms with van der Waals surface area (Å²) in [7, 11) is 1.71. The van der Waals surface area contributed by atoms with Crippen molar-refractivity contribution in [2.75, 3.05) is 12.8 Å². The lowest BCUT2D eigenvalue weighted by molar-refractivity contribution is -0.127. The van der Waals surface area contributed by atoms with E-state index in [0.717, 1.165) is 11.1 Å². The molecule has 0 aliphatic rings. The Kier molecular flexibility index (Phi) is 6.19. The average molecular weight is 328 g/mol. The highest BCUT2D eigenvalue weighted by molar-refractivity contribution is 7.99. The van der Waals surface area contributed by atoms with Crippen molar-refractivity contribution in [1.82, 2.24) is 4.90 Å². The molecule has 2 rings (SSSR count). The van der Waals surface area contributed by atoms with Crippen molar-refractivity contribution in [3.63, 3.8) is 0 Å². The molecule has 1 amide bonds. The zero-order valence-electron chi connectivity index (χ0n) is 12.8.